The van der Waals surface area contributed by atoms with Crippen molar-refractivity contribution < 1.29 is 31.1 Å². The minimum Gasteiger partial charge on any atom is -0.342 e. The zero-order chi connectivity index (χ0) is 22.4. The highest BCUT2D eigenvalue weighted by Gasteiger charge is 2.35. The predicted octanol–water partition coefficient (Wildman–Crippen LogP) is 2.93. The zero-order valence-corrected chi connectivity index (χ0v) is 16.2. The number of nitrogens with one attached hydrogen (secondary N) is 1. The molecule has 0 fully saturated rings. The number of carbonyl (C=O) groups excluding carboxylic acids is 1. The molecular weight excluding hydrogens is 440 g/mol. The molecule has 1 amide bonds. The molecule has 0 spiro atoms. The maximum absolute atomic E-state index is 13.1. The van der Waals surface area contributed by atoms with Crippen LogP contribution in [0.3, 0.4) is 0 Å². The van der Waals surface area contributed by atoms with Gasteiger partial charge in [-0.15, -0.1) is 11.3 Å². The largest absolute Gasteiger partial charge is 0.433 e. The van der Waals surface area contributed by atoms with E-state index >= 15 is 0 Å². The van der Waals surface area contributed by atoms with Crippen molar-refractivity contribution in [1.29, 1.82) is 0 Å². The SMILES string of the molecule is Cc1cc(C(F)(F)F)n(Cc2cc(=O)n3c(C(=O)NCC(F)(F)F)c(C)sc3n2)n1. The Labute approximate surface area is 168 Å². The molecule has 0 saturated carbocycles. The summed E-state index contributed by atoms with van der Waals surface area (Å²) in [5.74, 6) is -1.12. The first-order chi connectivity index (χ1) is 13.8. The number of aryl methyl sites for hydroxylation is 2. The Morgan fingerprint density at radius 1 is 1.17 bits per heavy atom. The van der Waals surface area contributed by atoms with E-state index in [0.717, 1.165) is 27.9 Å². The number of alkyl halides is 6. The topological polar surface area (TPSA) is 81.3 Å². The van der Waals surface area contributed by atoms with Crippen molar-refractivity contribution in [2.45, 2.75) is 32.7 Å². The Balaban J connectivity index is 1.99. The van der Waals surface area contributed by atoms with Crippen molar-refractivity contribution in [2.75, 3.05) is 6.54 Å². The van der Waals surface area contributed by atoms with E-state index in [4.69, 9.17) is 0 Å². The first-order valence-corrected chi connectivity index (χ1v) is 9.06. The Morgan fingerprint density at radius 2 is 1.83 bits per heavy atom. The van der Waals surface area contributed by atoms with Gasteiger partial charge in [-0.2, -0.15) is 31.4 Å². The molecule has 3 aromatic heterocycles. The van der Waals surface area contributed by atoms with Gasteiger partial charge in [-0.25, -0.2) is 9.38 Å². The second kappa shape index (κ2) is 7.41. The molecule has 3 aromatic rings. The van der Waals surface area contributed by atoms with Gasteiger partial charge in [0, 0.05) is 10.9 Å². The van der Waals surface area contributed by atoms with Gasteiger partial charge in [-0.3, -0.25) is 14.3 Å². The molecule has 3 heterocycles. The van der Waals surface area contributed by atoms with Crippen LogP contribution in [0.2, 0.25) is 0 Å². The first kappa shape index (κ1) is 21.8. The number of hydrogen-bond acceptors (Lipinski definition) is 5. The molecule has 3 rings (SSSR count). The number of nitrogens with zero attached hydrogens (tertiary/aromatic N) is 4. The predicted molar refractivity (Wildman–Crippen MR) is 93.5 cm³/mol. The van der Waals surface area contributed by atoms with E-state index in [0.29, 0.717) is 4.68 Å². The summed E-state index contributed by atoms with van der Waals surface area (Å²) in [4.78, 5) is 28.9. The first-order valence-electron chi connectivity index (χ1n) is 8.25. The number of thiazole rings is 1. The molecule has 0 radical (unpaired) electrons. The quantitative estimate of drug-likeness (QED) is 0.616. The number of rotatable bonds is 4. The number of fused-ring (bicyclic) bond motifs is 1. The Morgan fingerprint density at radius 3 is 2.43 bits per heavy atom. The van der Waals surface area contributed by atoms with Crippen LogP contribution in [0, 0.1) is 13.8 Å². The van der Waals surface area contributed by atoms with Crippen LogP contribution < -0.4 is 10.9 Å². The Hall–Kier alpha value is -2.90. The van der Waals surface area contributed by atoms with Crippen LogP contribution in [0.1, 0.15) is 32.4 Å². The van der Waals surface area contributed by atoms with Crippen molar-refractivity contribution in [3.63, 3.8) is 0 Å². The van der Waals surface area contributed by atoms with Gasteiger partial charge in [0.1, 0.15) is 17.9 Å². The maximum Gasteiger partial charge on any atom is 0.433 e. The van der Waals surface area contributed by atoms with Crippen molar-refractivity contribution in [2.24, 2.45) is 0 Å². The summed E-state index contributed by atoms with van der Waals surface area (Å²) < 4.78 is 77.9. The third-order valence-electron chi connectivity index (χ3n) is 3.91. The highest BCUT2D eigenvalue weighted by atomic mass is 32.1. The van der Waals surface area contributed by atoms with Crippen molar-refractivity contribution in [3.8, 4) is 0 Å². The lowest BCUT2D eigenvalue weighted by molar-refractivity contribution is -0.144. The summed E-state index contributed by atoms with van der Waals surface area (Å²) in [6.07, 6.45) is -9.30. The van der Waals surface area contributed by atoms with E-state index in [1.165, 1.54) is 13.8 Å². The van der Waals surface area contributed by atoms with E-state index in [-0.39, 0.29) is 26.9 Å². The van der Waals surface area contributed by atoms with E-state index in [9.17, 15) is 35.9 Å². The van der Waals surface area contributed by atoms with Gasteiger partial charge in [0.15, 0.2) is 4.96 Å². The zero-order valence-electron chi connectivity index (χ0n) is 15.4. The van der Waals surface area contributed by atoms with E-state index in [2.05, 4.69) is 10.1 Å². The van der Waals surface area contributed by atoms with E-state index in [1.807, 2.05) is 0 Å². The molecule has 0 aliphatic carbocycles. The second-order valence-electron chi connectivity index (χ2n) is 6.33. The fourth-order valence-corrected chi connectivity index (χ4v) is 3.77. The average Bonchev–Trinajstić information content (AvgIpc) is 3.11. The molecule has 0 aliphatic rings. The highest BCUT2D eigenvalue weighted by Crippen LogP contribution is 2.30. The molecule has 7 nitrogen and oxygen atoms in total. The molecule has 0 bridgehead atoms. The highest BCUT2D eigenvalue weighted by molar-refractivity contribution is 7.17. The van der Waals surface area contributed by atoms with Crippen LogP contribution in [0.15, 0.2) is 16.9 Å². The third kappa shape index (κ3) is 4.47. The van der Waals surface area contributed by atoms with Crippen molar-refractivity contribution >= 4 is 22.2 Å². The van der Waals surface area contributed by atoms with Crippen molar-refractivity contribution in [3.05, 3.63) is 50.1 Å². The smallest absolute Gasteiger partial charge is 0.342 e. The summed E-state index contributed by atoms with van der Waals surface area (Å²) in [6, 6.07) is 1.76. The van der Waals surface area contributed by atoms with Gasteiger partial charge in [-0.05, 0) is 19.9 Å². The molecule has 0 aliphatic heterocycles. The lowest BCUT2D eigenvalue weighted by Crippen LogP contribution is -2.35. The number of carbonyl (C=O) groups is 1. The van der Waals surface area contributed by atoms with Gasteiger partial charge in [0.05, 0.1) is 17.9 Å². The van der Waals surface area contributed by atoms with Gasteiger partial charge < -0.3 is 5.32 Å². The molecule has 30 heavy (non-hydrogen) atoms. The van der Waals surface area contributed by atoms with E-state index < -0.39 is 42.6 Å². The summed E-state index contributed by atoms with van der Waals surface area (Å²) in [6.45, 7) is 0.758. The summed E-state index contributed by atoms with van der Waals surface area (Å²) in [5, 5.41) is 5.44. The van der Waals surface area contributed by atoms with Crippen molar-refractivity contribution in [1.82, 2.24) is 24.5 Å². The average molecular weight is 453 g/mol. The number of hydrogen-bond donors (Lipinski definition) is 1. The van der Waals surface area contributed by atoms with Crippen LogP contribution in [-0.2, 0) is 12.7 Å². The summed E-state index contributed by atoms with van der Waals surface area (Å²) in [5.41, 5.74) is -2.06. The van der Waals surface area contributed by atoms with Crippen LogP contribution >= 0.6 is 11.3 Å². The molecule has 0 atom stereocenters. The number of amides is 1. The summed E-state index contributed by atoms with van der Waals surface area (Å²) in [7, 11) is 0. The third-order valence-corrected chi connectivity index (χ3v) is 4.87. The molecular formula is C16H13F6N5O2S. The summed E-state index contributed by atoms with van der Waals surface area (Å²) >= 11 is 0.852. The normalized spacial score (nSPS) is 12.5. The molecule has 0 aromatic carbocycles. The number of halogens is 6. The Kier molecular flexibility index (Phi) is 5.39. The van der Waals surface area contributed by atoms with Crippen LogP contribution in [-0.4, -0.2) is 37.8 Å². The standard InChI is InChI=1S/C16H13F6N5O2S/c1-7-3-10(16(20,21)22)26(25-7)5-9-4-11(28)27-12(8(2)30-14(27)24-9)13(29)23-6-15(17,18)19/h3-4H,5-6H2,1-2H3,(H,23,29). The second-order valence-corrected chi connectivity index (χ2v) is 7.52. The number of aromatic nitrogens is 4. The fraction of sp³-hybridized carbons (Fsp3) is 0.375. The minimum atomic E-state index is -4.66. The lowest BCUT2D eigenvalue weighted by Gasteiger charge is -2.10. The maximum atomic E-state index is 13.1. The van der Waals surface area contributed by atoms with Crippen LogP contribution in [0.5, 0.6) is 0 Å². The Bertz CT molecular complexity index is 1170. The lowest BCUT2D eigenvalue weighted by atomic mass is 10.3. The van der Waals surface area contributed by atoms with Gasteiger partial charge in [0.25, 0.3) is 11.5 Å². The monoisotopic (exact) mass is 453 g/mol. The van der Waals surface area contributed by atoms with Gasteiger partial charge in [0.2, 0.25) is 0 Å². The molecule has 1 N–H and O–H groups in total. The molecule has 14 heteroatoms. The van der Waals surface area contributed by atoms with Gasteiger partial charge in [-0.1, -0.05) is 0 Å². The van der Waals surface area contributed by atoms with Gasteiger partial charge >= 0.3 is 12.4 Å². The van der Waals surface area contributed by atoms with E-state index in [1.54, 1.807) is 5.32 Å². The fourth-order valence-electron chi connectivity index (χ4n) is 2.78. The minimum absolute atomic E-state index is 0.0374. The molecule has 0 unspecified atom stereocenters. The molecule has 162 valence electrons. The van der Waals surface area contributed by atoms with Crippen LogP contribution in [0.4, 0.5) is 26.3 Å². The van der Waals surface area contributed by atoms with Crippen LogP contribution in [0.25, 0.3) is 4.96 Å². The molecule has 0 saturated heterocycles.